The predicted molar refractivity (Wildman–Crippen MR) is 72.6 cm³/mol. The van der Waals surface area contributed by atoms with Crippen LogP contribution in [0.1, 0.15) is 11.1 Å². The number of halogens is 2. The van der Waals surface area contributed by atoms with Crippen molar-refractivity contribution in [3.8, 4) is 5.75 Å². The molecule has 0 amide bonds. The van der Waals surface area contributed by atoms with Gasteiger partial charge in [0.1, 0.15) is 24.0 Å². The maximum Gasteiger partial charge on any atom is 0.129 e. The van der Waals surface area contributed by atoms with Crippen molar-refractivity contribution in [2.75, 3.05) is 6.61 Å². The number of fused-ring (bicyclic) bond motifs is 1. The van der Waals surface area contributed by atoms with Crippen LogP contribution in [-0.2, 0) is 12.8 Å². The quantitative estimate of drug-likeness (QED) is 0.914. The van der Waals surface area contributed by atoms with E-state index in [0.29, 0.717) is 25.0 Å². The molecule has 0 saturated heterocycles. The SMILES string of the molecule is NC1(Cc2ccc(F)cc2F)COc2ccccc2C1. The van der Waals surface area contributed by atoms with Crippen molar-refractivity contribution in [1.82, 2.24) is 0 Å². The molecule has 0 saturated carbocycles. The Balaban J connectivity index is 1.84. The normalized spacial score (nSPS) is 21.1. The second-order valence-corrected chi connectivity index (χ2v) is 5.35. The maximum absolute atomic E-state index is 13.7. The molecule has 0 fully saturated rings. The lowest BCUT2D eigenvalue weighted by molar-refractivity contribution is 0.189. The van der Waals surface area contributed by atoms with E-state index in [4.69, 9.17) is 10.5 Å². The molecule has 2 aromatic carbocycles. The van der Waals surface area contributed by atoms with Gasteiger partial charge in [0.25, 0.3) is 0 Å². The molecule has 0 radical (unpaired) electrons. The van der Waals surface area contributed by atoms with Crippen LogP contribution in [0.5, 0.6) is 5.75 Å². The van der Waals surface area contributed by atoms with Crippen LogP contribution in [0.2, 0.25) is 0 Å². The lowest BCUT2D eigenvalue weighted by atomic mass is 9.84. The summed E-state index contributed by atoms with van der Waals surface area (Å²) in [6.07, 6.45) is 0.924. The topological polar surface area (TPSA) is 35.2 Å². The van der Waals surface area contributed by atoms with Gasteiger partial charge in [-0.2, -0.15) is 0 Å². The lowest BCUT2D eigenvalue weighted by Crippen LogP contribution is -2.51. The molecule has 0 bridgehead atoms. The number of benzene rings is 2. The van der Waals surface area contributed by atoms with Crippen LogP contribution in [0.3, 0.4) is 0 Å². The highest BCUT2D eigenvalue weighted by atomic mass is 19.1. The van der Waals surface area contributed by atoms with E-state index in [0.717, 1.165) is 17.4 Å². The molecule has 1 aliphatic rings. The molecule has 2 aromatic rings. The van der Waals surface area contributed by atoms with E-state index in [-0.39, 0.29) is 0 Å². The molecule has 3 rings (SSSR count). The molecule has 1 atom stereocenters. The standard InChI is InChI=1S/C16H15F2NO/c17-13-6-5-11(14(18)7-13)8-16(19)9-12-3-1-2-4-15(12)20-10-16/h1-7H,8-10,19H2. The predicted octanol–water partition coefficient (Wildman–Crippen LogP) is 2.84. The Labute approximate surface area is 116 Å². The summed E-state index contributed by atoms with van der Waals surface area (Å²) < 4.78 is 32.3. The second kappa shape index (κ2) is 4.87. The van der Waals surface area contributed by atoms with Crippen LogP contribution in [0.15, 0.2) is 42.5 Å². The van der Waals surface area contributed by atoms with Gasteiger partial charge in [0.15, 0.2) is 0 Å². The number of rotatable bonds is 2. The van der Waals surface area contributed by atoms with Crippen LogP contribution in [0, 0.1) is 11.6 Å². The first-order valence-electron chi connectivity index (χ1n) is 6.49. The van der Waals surface area contributed by atoms with E-state index in [2.05, 4.69) is 0 Å². The van der Waals surface area contributed by atoms with Crippen LogP contribution < -0.4 is 10.5 Å². The van der Waals surface area contributed by atoms with Crippen molar-refractivity contribution < 1.29 is 13.5 Å². The van der Waals surface area contributed by atoms with Gasteiger partial charge in [-0.3, -0.25) is 0 Å². The van der Waals surface area contributed by atoms with Gasteiger partial charge in [-0.05, 0) is 36.1 Å². The molecule has 0 aromatic heterocycles. The molecular formula is C16H15F2NO. The van der Waals surface area contributed by atoms with Crippen molar-refractivity contribution in [2.24, 2.45) is 5.73 Å². The minimum atomic E-state index is -0.674. The molecule has 2 N–H and O–H groups in total. The van der Waals surface area contributed by atoms with Gasteiger partial charge in [0.05, 0.1) is 5.54 Å². The van der Waals surface area contributed by atoms with Gasteiger partial charge in [-0.25, -0.2) is 8.78 Å². The van der Waals surface area contributed by atoms with Crippen molar-refractivity contribution in [1.29, 1.82) is 0 Å². The summed E-state index contributed by atoms with van der Waals surface area (Å²) in [5.74, 6) is -0.315. The molecule has 104 valence electrons. The molecule has 1 aliphatic heterocycles. The summed E-state index contributed by atoms with van der Waals surface area (Å²) in [6, 6.07) is 11.3. The zero-order chi connectivity index (χ0) is 14.2. The van der Waals surface area contributed by atoms with Crippen LogP contribution in [-0.4, -0.2) is 12.1 Å². The smallest absolute Gasteiger partial charge is 0.129 e. The minimum Gasteiger partial charge on any atom is -0.491 e. The summed E-state index contributed by atoms with van der Waals surface area (Å²) in [5.41, 5.74) is 7.09. The number of hydrogen-bond donors (Lipinski definition) is 1. The van der Waals surface area contributed by atoms with Crippen LogP contribution >= 0.6 is 0 Å². The van der Waals surface area contributed by atoms with E-state index >= 15 is 0 Å². The molecule has 0 aliphatic carbocycles. The highest BCUT2D eigenvalue weighted by Crippen LogP contribution is 2.30. The molecule has 4 heteroatoms. The first-order chi connectivity index (χ1) is 9.56. The van der Waals surface area contributed by atoms with E-state index < -0.39 is 17.2 Å². The minimum absolute atomic E-state index is 0.313. The van der Waals surface area contributed by atoms with E-state index in [1.54, 1.807) is 0 Å². The fourth-order valence-electron chi connectivity index (χ4n) is 2.60. The van der Waals surface area contributed by atoms with Gasteiger partial charge in [-0.1, -0.05) is 24.3 Å². The Morgan fingerprint density at radius 1 is 1.15 bits per heavy atom. The highest BCUT2D eigenvalue weighted by Gasteiger charge is 2.32. The van der Waals surface area contributed by atoms with E-state index in [1.807, 2.05) is 24.3 Å². The molecule has 20 heavy (non-hydrogen) atoms. The summed E-state index contributed by atoms with van der Waals surface area (Å²) in [7, 11) is 0. The Hall–Kier alpha value is -1.94. The fraction of sp³-hybridized carbons (Fsp3) is 0.250. The average Bonchev–Trinajstić information content (AvgIpc) is 2.42. The summed E-state index contributed by atoms with van der Waals surface area (Å²) >= 11 is 0. The Morgan fingerprint density at radius 2 is 1.95 bits per heavy atom. The van der Waals surface area contributed by atoms with E-state index in [9.17, 15) is 8.78 Å². The molecule has 2 nitrogen and oxygen atoms in total. The zero-order valence-electron chi connectivity index (χ0n) is 10.9. The monoisotopic (exact) mass is 275 g/mol. The first kappa shape index (κ1) is 13.1. The first-order valence-corrected chi connectivity index (χ1v) is 6.49. The van der Waals surface area contributed by atoms with Crippen molar-refractivity contribution in [3.05, 3.63) is 65.2 Å². The summed E-state index contributed by atoms with van der Waals surface area (Å²) in [5, 5.41) is 0. The Bertz CT molecular complexity index is 644. The third kappa shape index (κ3) is 2.51. The lowest BCUT2D eigenvalue weighted by Gasteiger charge is -2.34. The summed E-state index contributed by atoms with van der Waals surface area (Å²) in [6.45, 7) is 0.320. The third-order valence-electron chi connectivity index (χ3n) is 3.59. The van der Waals surface area contributed by atoms with E-state index in [1.165, 1.54) is 12.1 Å². The van der Waals surface area contributed by atoms with Gasteiger partial charge in [0.2, 0.25) is 0 Å². The fourth-order valence-corrected chi connectivity index (χ4v) is 2.60. The molecule has 1 heterocycles. The number of nitrogens with two attached hydrogens (primary N) is 1. The largest absolute Gasteiger partial charge is 0.491 e. The van der Waals surface area contributed by atoms with Gasteiger partial charge in [-0.15, -0.1) is 0 Å². The molecule has 0 spiro atoms. The van der Waals surface area contributed by atoms with Crippen molar-refractivity contribution >= 4 is 0 Å². The maximum atomic E-state index is 13.7. The number of para-hydroxylation sites is 1. The Morgan fingerprint density at radius 3 is 2.75 bits per heavy atom. The Kier molecular flexibility index (Phi) is 3.18. The zero-order valence-corrected chi connectivity index (χ0v) is 10.9. The van der Waals surface area contributed by atoms with Gasteiger partial charge < -0.3 is 10.5 Å². The highest BCUT2D eigenvalue weighted by molar-refractivity contribution is 5.37. The number of hydrogen-bond acceptors (Lipinski definition) is 2. The van der Waals surface area contributed by atoms with Gasteiger partial charge >= 0.3 is 0 Å². The van der Waals surface area contributed by atoms with Crippen LogP contribution in [0.25, 0.3) is 0 Å². The number of ether oxygens (including phenoxy) is 1. The van der Waals surface area contributed by atoms with Gasteiger partial charge in [0, 0.05) is 6.07 Å². The molecule has 1 unspecified atom stereocenters. The van der Waals surface area contributed by atoms with Crippen LogP contribution in [0.4, 0.5) is 8.78 Å². The average molecular weight is 275 g/mol. The molecular weight excluding hydrogens is 260 g/mol. The van der Waals surface area contributed by atoms with Crippen molar-refractivity contribution in [3.63, 3.8) is 0 Å². The van der Waals surface area contributed by atoms with Crippen molar-refractivity contribution in [2.45, 2.75) is 18.4 Å². The third-order valence-corrected chi connectivity index (χ3v) is 3.59. The second-order valence-electron chi connectivity index (χ2n) is 5.35. The summed E-state index contributed by atoms with van der Waals surface area (Å²) in [4.78, 5) is 0.